The molecule has 0 aromatic heterocycles. The maximum atomic E-state index is 14.4. The number of phenols is 1. The van der Waals surface area contributed by atoms with Gasteiger partial charge in [-0.05, 0) is 108 Å². The highest BCUT2D eigenvalue weighted by atomic mass is 127. The van der Waals surface area contributed by atoms with E-state index < -0.39 is 87.1 Å². The molecule has 7 rings (SSSR count). The number of hydrogen-bond donors (Lipinski definition) is 1. The lowest BCUT2D eigenvalue weighted by atomic mass is 9.56. The zero-order chi connectivity index (χ0) is 34.5. The molecule has 3 fully saturated rings. The first-order valence-corrected chi connectivity index (χ1v) is 16.3. The van der Waals surface area contributed by atoms with Crippen LogP contribution in [0, 0.1) is 27.1 Å². The highest BCUT2D eigenvalue weighted by molar-refractivity contribution is 14.1. The third-order valence-electron chi connectivity index (χ3n) is 9.52. The number of halogens is 7. The van der Waals surface area contributed by atoms with E-state index in [9.17, 15) is 41.8 Å². The summed E-state index contributed by atoms with van der Waals surface area (Å²) >= 11 is 16.5. The van der Waals surface area contributed by atoms with Crippen LogP contribution in [0.4, 0.5) is 28.9 Å². The van der Waals surface area contributed by atoms with Gasteiger partial charge in [0.1, 0.15) is 17.3 Å². The minimum atomic E-state index is -5.12. The van der Waals surface area contributed by atoms with Gasteiger partial charge in [-0.1, -0.05) is 11.6 Å². The molecule has 0 radical (unpaired) electrons. The Morgan fingerprint density at radius 3 is 2.12 bits per heavy atom. The van der Waals surface area contributed by atoms with Gasteiger partial charge in [-0.2, -0.15) is 0 Å². The van der Waals surface area contributed by atoms with E-state index in [1.165, 1.54) is 0 Å². The van der Waals surface area contributed by atoms with E-state index in [1.807, 2.05) is 0 Å². The average Bonchev–Trinajstić information content (AvgIpc) is 3.36. The Morgan fingerprint density at radius 1 is 0.854 bits per heavy atom. The second kappa shape index (κ2) is 11.2. The fourth-order valence-corrected chi connectivity index (χ4v) is 8.84. The summed E-state index contributed by atoms with van der Waals surface area (Å²) in [6.07, 6.45) is -3.97. The zero-order valence-corrected chi connectivity index (χ0v) is 27.8. The number of nitrogens with zero attached hydrogens (tertiary/aromatic N) is 2. The highest BCUT2D eigenvalue weighted by Crippen LogP contribution is 2.66. The highest BCUT2D eigenvalue weighted by Gasteiger charge is 2.77. The normalized spacial score (nSPS) is 29.9. The summed E-state index contributed by atoms with van der Waals surface area (Å²) in [7, 11) is 0. The summed E-state index contributed by atoms with van der Waals surface area (Å²) in [6, 6.07) is 13.6. The molecule has 3 aromatic carbocycles. The van der Waals surface area contributed by atoms with Crippen molar-refractivity contribution >= 4 is 80.8 Å². The number of anilines is 2. The third-order valence-corrected chi connectivity index (χ3v) is 11.7. The van der Waals surface area contributed by atoms with E-state index in [0.717, 1.165) is 50.9 Å². The summed E-state index contributed by atoms with van der Waals surface area (Å²) in [4.78, 5) is 53.5. The molecular weight excluding hydrogens is 794 g/mol. The van der Waals surface area contributed by atoms with E-state index in [4.69, 9.17) is 23.2 Å². The monoisotopic (exact) mass is 814 g/mol. The smallest absolute Gasteiger partial charge is 0.508 e. The van der Waals surface area contributed by atoms with Crippen LogP contribution in [-0.2, 0) is 19.2 Å². The lowest BCUT2D eigenvalue weighted by molar-refractivity contribution is -0.274. The van der Waals surface area contributed by atoms with Crippen LogP contribution in [0.3, 0.4) is 0 Å². The number of imide groups is 2. The van der Waals surface area contributed by atoms with Crippen molar-refractivity contribution in [2.45, 2.75) is 34.9 Å². The van der Waals surface area contributed by atoms with Gasteiger partial charge in [-0.25, -0.2) is 9.29 Å². The first kappa shape index (κ1) is 32.8. The maximum absolute atomic E-state index is 14.4. The minimum absolute atomic E-state index is 0.00991. The van der Waals surface area contributed by atoms with Crippen LogP contribution in [0.2, 0.25) is 0 Å². The van der Waals surface area contributed by atoms with Crippen LogP contribution < -0.4 is 14.5 Å². The Balaban J connectivity index is 1.41. The number of hydrogen-bond acceptors (Lipinski definition) is 6. The number of fused-ring (bicyclic) bond motifs is 4. The van der Waals surface area contributed by atoms with Gasteiger partial charge in [-0.3, -0.25) is 24.1 Å². The van der Waals surface area contributed by atoms with Crippen molar-refractivity contribution in [2.75, 3.05) is 9.80 Å². The Hall–Kier alpha value is -3.69. The molecule has 2 saturated heterocycles. The molecule has 6 unspecified atom stereocenters. The summed E-state index contributed by atoms with van der Waals surface area (Å²) in [6.45, 7) is 0. The van der Waals surface area contributed by atoms with E-state index in [1.54, 1.807) is 30.3 Å². The Labute approximate surface area is 293 Å². The van der Waals surface area contributed by atoms with Crippen molar-refractivity contribution in [2.24, 2.45) is 17.8 Å². The van der Waals surface area contributed by atoms with Crippen molar-refractivity contribution in [3.8, 4) is 11.5 Å². The van der Waals surface area contributed by atoms with Crippen LogP contribution in [0.1, 0.15) is 24.3 Å². The predicted molar refractivity (Wildman–Crippen MR) is 173 cm³/mol. The first-order chi connectivity index (χ1) is 22.6. The van der Waals surface area contributed by atoms with Gasteiger partial charge in [-0.15, -0.1) is 36.4 Å². The third kappa shape index (κ3) is 4.75. The van der Waals surface area contributed by atoms with Gasteiger partial charge < -0.3 is 9.84 Å². The molecule has 1 saturated carbocycles. The van der Waals surface area contributed by atoms with Crippen LogP contribution in [0.15, 0.2) is 78.4 Å². The molecule has 0 bridgehead atoms. The van der Waals surface area contributed by atoms with Crippen molar-refractivity contribution in [3.05, 3.63) is 93.3 Å². The second-order valence-electron chi connectivity index (χ2n) is 12.0. The number of benzene rings is 3. The lowest BCUT2D eigenvalue weighted by Crippen LogP contribution is -2.60. The predicted octanol–water partition coefficient (Wildman–Crippen LogP) is 6.80. The summed E-state index contributed by atoms with van der Waals surface area (Å²) in [5, 5.41) is 11.1. The standard InChI is InChI=1S/C33H21Cl2F4IN2O6/c34-31-14-23-20(10-11-21-25(23)28(45)41(27(21)44)17-7-3-16(40)4-8-17)26(22-13-19(9-12-24(22)43)48-33(37,38)39)32(31,35)30(47)42(29(31)46)18-5-1-15(36)2-6-18/h1-10,12-13,21,23,25-26,43H,11,14H2. The van der Waals surface area contributed by atoms with Crippen molar-refractivity contribution in [3.63, 3.8) is 0 Å². The fourth-order valence-electron chi connectivity index (χ4n) is 7.55. The molecule has 15 heteroatoms. The van der Waals surface area contributed by atoms with Crippen molar-refractivity contribution in [1.29, 1.82) is 0 Å². The van der Waals surface area contributed by atoms with E-state index in [0.29, 0.717) is 10.6 Å². The molecule has 1 N–H and O–H groups in total. The number of allylic oxidation sites excluding steroid dienone is 2. The fraction of sp³-hybridized carbons (Fsp3) is 0.273. The summed E-state index contributed by atoms with van der Waals surface area (Å²) in [5.74, 6) is -9.74. The molecule has 2 aliphatic carbocycles. The Bertz CT molecular complexity index is 1940. The molecule has 2 heterocycles. The van der Waals surface area contributed by atoms with Gasteiger partial charge in [0.25, 0.3) is 11.8 Å². The summed E-state index contributed by atoms with van der Waals surface area (Å²) in [5.41, 5.74) is 0.171. The SMILES string of the molecule is O=C1C2CC=C3C(CC4(Cl)C(=O)N(c5ccc(F)cc5)C(=O)C4(Cl)C3c3cc(OC(F)(F)F)ccc3O)C2C(=O)N1c1ccc(I)cc1. The van der Waals surface area contributed by atoms with Crippen LogP contribution in [0.25, 0.3) is 0 Å². The van der Waals surface area contributed by atoms with E-state index in [-0.39, 0.29) is 23.2 Å². The van der Waals surface area contributed by atoms with Crippen LogP contribution >= 0.6 is 45.8 Å². The average molecular weight is 815 g/mol. The van der Waals surface area contributed by atoms with E-state index in [2.05, 4.69) is 27.3 Å². The number of phenolic OH excluding ortho intramolecular Hbond substituents is 1. The number of alkyl halides is 5. The van der Waals surface area contributed by atoms with Crippen LogP contribution in [-0.4, -0.2) is 44.8 Å². The largest absolute Gasteiger partial charge is 0.573 e. The topological polar surface area (TPSA) is 104 Å². The van der Waals surface area contributed by atoms with Crippen molar-refractivity contribution in [1.82, 2.24) is 0 Å². The number of rotatable bonds is 4. The van der Waals surface area contributed by atoms with Gasteiger partial charge in [0.15, 0.2) is 9.75 Å². The molecule has 4 aliphatic rings. The zero-order valence-electron chi connectivity index (χ0n) is 24.2. The maximum Gasteiger partial charge on any atom is 0.573 e. The molecule has 3 aromatic rings. The minimum Gasteiger partial charge on any atom is -0.508 e. The molecule has 4 amide bonds. The number of amides is 4. The Kier molecular flexibility index (Phi) is 7.64. The Morgan fingerprint density at radius 2 is 1.48 bits per heavy atom. The van der Waals surface area contributed by atoms with Gasteiger partial charge in [0, 0.05) is 15.1 Å². The second-order valence-corrected chi connectivity index (χ2v) is 14.5. The van der Waals surface area contributed by atoms with Crippen LogP contribution in [0.5, 0.6) is 11.5 Å². The van der Waals surface area contributed by atoms with Gasteiger partial charge in [0.05, 0.1) is 23.2 Å². The quantitative estimate of drug-likeness (QED) is 0.102. The van der Waals surface area contributed by atoms with Crippen molar-refractivity contribution < 1.29 is 46.6 Å². The van der Waals surface area contributed by atoms with Gasteiger partial charge in [0.2, 0.25) is 11.8 Å². The molecule has 8 nitrogen and oxygen atoms in total. The number of carbonyl (C=O) groups is 4. The molecule has 48 heavy (non-hydrogen) atoms. The molecule has 0 spiro atoms. The van der Waals surface area contributed by atoms with E-state index >= 15 is 0 Å². The van der Waals surface area contributed by atoms with Gasteiger partial charge >= 0.3 is 6.36 Å². The number of ether oxygens (including phenoxy) is 1. The molecular formula is C33H21Cl2F4IN2O6. The first-order valence-electron chi connectivity index (χ1n) is 14.5. The molecule has 2 aliphatic heterocycles. The molecule has 248 valence electrons. The lowest BCUT2D eigenvalue weighted by Gasteiger charge is -2.50. The number of carbonyl (C=O) groups excluding carboxylic acids is 4. The molecule has 6 atom stereocenters. The summed E-state index contributed by atoms with van der Waals surface area (Å²) < 4.78 is 58.7. The number of aromatic hydroxyl groups is 1.